The van der Waals surface area contributed by atoms with Crippen molar-refractivity contribution in [2.24, 2.45) is 0 Å². The van der Waals surface area contributed by atoms with Gasteiger partial charge in [0.2, 0.25) is 0 Å². The second-order valence-corrected chi connectivity index (χ2v) is 3.71. The highest BCUT2D eigenvalue weighted by Crippen LogP contribution is 2.32. The zero-order chi connectivity index (χ0) is 10.4. The molecule has 0 aliphatic carbocycles. The molecular weight excluding hydrogens is 212 g/mol. The molecule has 2 heterocycles. The summed E-state index contributed by atoms with van der Waals surface area (Å²) in [6, 6.07) is 7.25. The van der Waals surface area contributed by atoms with Crippen molar-refractivity contribution in [3.05, 3.63) is 35.6 Å². The number of nitrogens with one attached hydrogen (secondary N) is 1. The van der Waals surface area contributed by atoms with E-state index < -0.39 is 0 Å². The second-order valence-electron chi connectivity index (χ2n) is 3.35. The minimum Gasteiger partial charge on any atom is -0.506 e. The van der Waals surface area contributed by atoms with Crippen LogP contribution in [0.2, 0.25) is 5.15 Å². The van der Waals surface area contributed by atoms with Crippen LogP contribution in [0, 0.1) is 0 Å². The molecule has 2 N–H and O–H groups in total. The smallest absolute Gasteiger partial charge is 0.153 e. The van der Waals surface area contributed by atoms with Crippen LogP contribution in [0.1, 0.15) is 0 Å². The summed E-state index contributed by atoms with van der Waals surface area (Å²) in [5.74, 6) is 0.222. The normalized spacial score (nSPS) is 11.3. The Morgan fingerprint density at radius 3 is 2.80 bits per heavy atom. The number of halogens is 1. The number of hydrogen-bond acceptors (Lipinski definition) is 2. The Morgan fingerprint density at radius 2 is 1.93 bits per heavy atom. The monoisotopic (exact) mass is 218 g/mol. The third-order valence-electron chi connectivity index (χ3n) is 2.49. The topological polar surface area (TPSA) is 48.9 Å². The lowest BCUT2D eigenvalue weighted by atomic mass is 10.2. The van der Waals surface area contributed by atoms with Gasteiger partial charge in [0.05, 0.1) is 11.0 Å². The van der Waals surface area contributed by atoms with Gasteiger partial charge < -0.3 is 10.1 Å². The van der Waals surface area contributed by atoms with E-state index in [1.54, 1.807) is 18.3 Å². The molecule has 0 aliphatic heterocycles. The average molecular weight is 219 g/mol. The molecule has 1 aromatic carbocycles. The molecule has 0 aliphatic rings. The van der Waals surface area contributed by atoms with Crippen molar-refractivity contribution < 1.29 is 5.11 Å². The highest BCUT2D eigenvalue weighted by molar-refractivity contribution is 6.35. The zero-order valence-electron chi connectivity index (χ0n) is 7.66. The van der Waals surface area contributed by atoms with Crippen LogP contribution < -0.4 is 0 Å². The summed E-state index contributed by atoms with van der Waals surface area (Å²) in [6.07, 6.45) is 1.65. The molecule has 0 spiro atoms. The Morgan fingerprint density at radius 1 is 1.13 bits per heavy atom. The van der Waals surface area contributed by atoms with Crippen molar-refractivity contribution in [1.82, 2.24) is 9.97 Å². The van der Waals surface area contributed by atoms with Crippen LogP contribution in [0.4, 0.5) is 0 Å². The molecule has 3 nitrogen and oxygen atoms in total. The molecule has 15 heavy (non-hydrogen) atoms. The number of aromatic nitrogens is 2. The van der Waals surface area contributed by atoms with Crippen molar-refractivity contribution in [2.45, 2.75) is 0 Å². The molecule has 0 amide bonds. The van der Waals surface area contributed by atoms with Gasteiger partial charge in [-0.15, -0.1) is 0 Å². The maximum absolute atomic E-state index is 9.67. The maximum Gasteiger partial charge on any atom is 0.153 e. The first-order chi connectivity index (χ1) is 7.27. The van der Waals surface area contributed by atoms with E-state index in [4.69, 9.17) is 11.6 Å². The Bertz CT molecular complexity index is 604. The van der Waals surface area contributed by atoms with Crippen LogP contribution in [0.5, 0.6) is 5.75 Å². The first kappa shape index (κ1) is 8.56. The molecular formula is C11H7ClN2O. The van der Waals surface area contributed by atoms with Crippen LogP contribution in [-0.2, 0) is 0 Å². The molecule has 0 atom stereocenters. The standard InChI is InChI=1S/C11H7ClN2O/c12-11-10-7(4-5-13-11)6-2-1-3-8(15)9(6)14-10/h1-5,14-15H. The lowest BCUT2D eigenvalue weighted by molar-refractivity contribution is 0.480. The van der Waals surface area contributed by atoms with E-state index >= 15 is 0 Å². The van der Waals surface area contributed by atoms with Crippen LogP contribution in [0.15, 0.2) is 30.5 Å². The van der Waals surface area contributed by atoms with Crippen LogP contribution in [0.25, 0.3) is 21.8 Å². The summed E-state index contributed by atoms with van der Waals surface area (Å²) < 4.78 is 0. The summed E-state index contributed by atoms with van der Waals surface area (Å²) in [7, 11) is 0. The number of phenols is 1. The second kappa shape index (κ2) is 2.87. The molecule has 0 fully saturated rings. The van der Waals surface area contributed by atoms with Gasteiger partial charge in [-0.25, -0.2) is 4.98 Å². The zero-order valence-corrected chi connectivity index (χ0v) is 8.42. The van der Waals surface area contributed by atoms with Gasteiger partial charge in [0, 0.05) is 17.0 Å². The third-order valence-corrected chi connectivity index (χ3v) is 2.77. The summed E-state index contributed by atoms with van der Waals surface area (Å²) >= 11 is 5.96. The summed E-state index contributed by atoms with van der Waals surface area (Å²) in [4.78, 5) is 7.05. The number of phenolic OH excluding ortho intramolecular Hbond substituents is 1. The van der Waals surface area contributed by atoms with E-state index in [2.05, 4.69) is 9.97 Å². The molecule has 74 valence electrons. The number of aromatic amines is 1. The number of fused-ring (bicyclic) bond motifs is 3. The minimum absolute atomic E-state index is 0.222. The Hall–Kier alpha value is -1.74. The first-order valence-electron chi connectivity index (χ1n) is 4.51. The quantitative estimate of drug-likeness (QED) is 0.570. The number of nitrogens with zero attached hydrogens (tertiary/aromatic N) is 1. The molecule has 3 rings (SSSR count). The Balaban J connectivity index is 2.63. The number of pyridine rings is 1. The van der Waals surface area contributed by atoms with Gasteiger partial charge in [-0.05, 0) is 12.1 Å². The van der Waals surface area contributed by atoms with Crippen molar-refractivity contribution in [2.75, 3.05) is 0 Å². The predicted molar refractivity (Wildman–Crippen MR) is 60.3 cm³/mol. The fourth-order valence-electron chi connectivity index (χ4n) is 1.80. The predicted octanol–water partition coefficient (Wildman–Crippen LogP) is 3.08. The van der Waals surface area contributed by atoms with Crippen LogP contribution >= 0.6 is 11.6 Å². The van der Waals surface area contributed by atoms with Gasteiger partial charge in [-0.2, -0.15) is 0 Å². The number of para-hydroxylation sites is 1. The van der Waals surface area contributed by atoms with Gasteiger partial charge >= 0.3 is 0 Å². The maximum atomic E-state index is 9.67. The molecule has 3 aromatic rings. The van der Waals surface area contributed by atoms with Crippen LogP contribution in [0.3, 0.4) is 0 Å². The summed E-state index contributed by atoms with van der Waals surface area (Å²) in [5.41, 5.74) is 1.46. The van der Waals surface area contributed by atoms with Crippen molar-refractivity contribution in [3.63, 3.8) is 0 Å². The molecule has 0 radical (unpaired) electrons. The highest BCUT2D eigenvalue weighted by Gasteiger charge is 2.09. The number of benzene rings is 1. The van der Waals surface area contributed by atoms with Crippen molar-refractivity contribution >= 4 is 33.4 Å². The molecule has 0 saturated carbocycles. The molecule has 4 heteroatoms. The number of rotatable bonds is 0. The van der Waals surface area contributed by atoms with Crippen molar-refractivity contribution in [3.8, 4) is 5.75 Å². The van der Waals surface area contributed by atoms with Gasteiger partial charge in [-0.1, -0.05) is 23.7 Å². The van der Waals surface area contributed by atoms with Crippen LogP contribution in [-0.4, -0.2) is 15.1 Å². The number of aromatic hydroxyl groups is 1. The summed E-state index contributed by atoms with van der Waals surface area (Å²) in [6.45, 7) is 0. The number of H-pyrrole nitrogens is 1. The fraction of sp³-hybridized carbons (Fsp3) is 0. The summed E-state index contributed by atoms with van der Waals surface area (Å²) in [5, 5.41) is 12.0. The fourth-order valence-corrected chi connectivity index (χ4v) is 2.01. The Kier molecular flexibility index (Phi) is 1.64. The van der Waals surface area contributed by atoms with Gasteiger partial charge in [-0.3, -0.25) is 0 Å². The highest BCUT2D eigenvalue weighted by atomic mass is 35.5. The lowest BCUT2D eigenvalue weighted by Gasteiger charge is -1.92. The Labute approximate surface area is 90.3 Å². The largest absolute Gasteiger partial charge is 0.506 e. The van der Waals surface area contributed by atoms with Gasteiger partial charge in [0.25, 0.3) is 0 Å². The van der Waals surface area contributed by atoms with E-state index in [0.29, 0.717) is 10.7 Å². The lowest BCUT2D eigenvalue weighted by Crippen LogP contribution is -1.74. The van der Waals surface area contributed by atoms with E-state index in [9.17, 15) is 5.11 Å². The number of hydrogen-bond donors (Lipinski definition) is 2. The SMILES string of the molecule is Oc1cccc2c1[nH]c1c(Cl)nccc12. The average Bonchev–Trinajstić information content (AvgIpc) is 2.60. The minimum atomic E-state index is 0.222. The first-order valence-corrected chi connectivity index (χ1v) is 4.89. The van der Waals surface area contributed by atoms with E-state index in [0.717, 1.165) is 16.3 Å². The molecule has 0 unspecified atom stereocenters. The molecule has 2 aromatic heterocycles. The third kappa shape index (κ3) is 1.10. The van der Waals surface area contributed by atoms with E-state index in [1.807, 2.05) is 12.1 Å². The van der Waals surface area contributed by atoms with E-state index in [-0.39, 0.29) is 5.75 Å². The van der Waals surface area contributed by atoms with Gasteiger partial charge in [0.1, 0.15) is 5.75 Å². The molecule has 0 bridgehead atoms. The van der Waals surface area contributed by atoms with E-state index in [1.165, 1.54) is 0 Å². The van der Waals surface area contributed by atoms with Crippen molar-refractivity contribution in [1.29, 1.82) is 0 Å². The molecule has 0 saturated heterocycles. The van der Waals surface area contributed by atoms with Gasteiger partial charge in [0.15, 0.2) is 5.15 Å².